The van der Waals surface area contributed by atoms with Crippen molar-refractivity contribution in [2.75, 3.05) is 0 Å². The third kappa shape index (κ3) is 4.55. The summed E-state index contributed by atoms with van der Waals surface area (Å²) < 4.78 is 1.29. The summed E-state index contributed by atoms with van der Waals surface area (Å²) >= 11 is 12.1. The van der Waals surface area contributed by atoms with E-state index in [0.717, 1.165) is 17.0 Å². The first-order valence-electron chi connectivity index (χ1n) is 9.38. The second kappa shape index (κ2) is 8.58. The Balaban J connectivity index is 2.29. The molecule has 0 spiro atoms. The van der Waals surface area contributed by atoms with Crippen molar-refractivity contribution in [1.82, 2.24) is 14.5 Å². The largest absolute Gasteiger partial charge is 0.329 e. The molecular formula is C22H21Cl2N3O3. The summed E-state index contributed by atoms with van der Waals surface area (Å²) in [5, 5.41) is 0.576. The number of ketones is 1. The van der Waals surface area contributed by atoms with Gasteiger partial charge in [-0.25, -0.2) is 4.79 Å². The van der Waals surface area contributed by atoms with Gasteiger partial charge in [0.2, 0.25) is 5.78 Å². The number of pyridine rings is 1. The fraction of sp³-hybridized carbons (Fsp3) is 0.273. The van der Waals surface area contributed by atoms with E-state index in [0.29, 0.717) is 0 Å². The molecule has 156 valence electrons. The van der Waals surface area contributed by atoms with Gasteiger partial charge >= 0.3 is 5.69 Å². The zero-order valence-corrected chi connectivity index (χ0v) is 18.6. The second-order valence-electron chi connectivity index (χ2n) is 7.51. The molecule has 0 atom stereocenters. The van der Waals surface area contributed by atoms with Crippen LogP contribution in [0.2, 0.25) is 10.0 Å². The minimum atomic E-state index is -0.659. The number of rotatable bonds is 5. The molecule has 30 heavy (non-hydrogen) atoms. The van der Waals surface area contributed by atoms with Gasteiger partial charge < -0.3 is 0 Å². The molecule has 0 aliphatic carbocycles. The summed E-state index contributed by atoms with van der Waals surface area (Å²) in [6, 6.07) is 8.12. The van der Waals surface area contributed by atoms with Gasteiger partial charge in [0, 0.05) is 32.6 Å². The van der Waals surface area contributed by atoms with E-state index >= 15 is 0 Å². The lowest BCUT2D eigenvalue weighted by molar-refractivity contribution is 0.102. The number of benzene rings is 1. The van der Waals surface area contributed by atoms with Crippen molar-refractivity contribution >= 4 is 29.0 Å². The van der Waals surface area contributed by atoms with E-state index in [1.165, 1.54) is 22.8 Å². The van der Waals surface area contributed by atoms with E-state index in [4.69, 9.17) is 23.2 Å². The minimum Gasteiger partial charge on any atom is -0.287 e. The van der Waals surface area contributed by atoms with Gasteiger partial charge in [0.25, 0.3) is 5.56 Å². The van der Waals surface area contributed by atoms with Crippen LogP contribution in [0.1, 0.15) is 58.3 Å². The summed E-state index contributed by atoms with van der Waals surface area (Å²) in [5.41, 5.74) is 1.61. The Hall–Kier alpha value is -2.70. The predicted octanol–water partition coefficient (Wildman–Crippen LogP) is 4.26. The number of aromatic nitrogens is 3. The van der Waals surface area contributed by atoms with Crippen molar-refractivity contribution < 1.29 is 4.79 Å². The molecule has 0 aliphatic rings. The van der Waals surface area contributed by atoms with Crippen LogP contribution in [0.3, 0.4) is 0 Å². The smallest absolute Gasteiger partial charge is 0.287 e. The van der Waals surface area contributed by atoms with Crippen molar-refractivity contribution in [3.8, 4) is 0 Å². The Morgan fingerprint density at radius 3 is 2.13 bits per heavy atom. The number of nitrogens with zero attached hydrogens (tertiary/aromatic N) is 2. The molecule has 0 amide bonds. The predicted molar refractivity (Wildman–Crippen MR) is 118 cm³/mol. The quantitative estimate of drug-likeness (QED) is 0.594. The van der Waals surface area contributed by atoms with Crippen LogP contribution in [0.15, 0.2) is 39.9 Å². The van der Waals surface area contributed by atoms with Crippen LogP contribution in [0.25, 0.3) is 0 Å². The number of halogens is 2. The third-order valence-corrected chi connectivity index (χ3v) is 5.07. The number of aromatic amines is 1. The van der Waals surface area contributed by atoms with Gasteiger partial charge in [0.1, 0.15) is 5.69 Å². The van der Waals surface area contributed by atoms with Crippen LogP contribution in [0, 0.1) is 13.8 Å². The summed E-state index contributed by atoms with van der Waals surface area (Å²) in [6.45, 7) is 7.40. The Kier molecular flexibility index (Phi) is 6.29. The van der Waals surface area contributed by atoms with Crippen LogP contribution in [0.5, 0.6) is 0 Å². The first kappa shape index (κ1) is 22.0. The van der Waals surface area contributed by atoms with E-state index < -0.39 is 17.0 Å². The van der Waals surface area contributed by atoms with Gasteiger partial charge in [-0.3, -0.25) is 24.1 Å². The number of hydrogen-bond donors (Lipinski definition) is 1. The van der Waals surface area contributed by atoms with E-state index in [-0.39, 0.29) is 39.3 Å². The zero-order valence-electron chi connectivity index (χ0n) is 17.0. The summed E-state index contributed by atoms with van der Waals surface area (Å²) in [5.74, 6) is -0.788. The van der Waals surface area contributed by atoms with Gasteiger partial charge in [0.05, 0.1) is 6.54 Å². The van der Waals surface area contributed by atoms with E-state index in [2.05, 4.69) is 9.97 Å². The topological polar surface area (TPSA) is 84.8 Å². The first-order chi connectivity index (χ1) is 14.1. The maximum atomic E-state index is 13.5. The number of carbonyl (C=O) groups excluding carboxylic acids is 1. The van der Waals surface area contributed by atoms with Crippen molar-refractivity contribution in [2.24, 2.45) is 0 Å². The average molecular weight is 446 g/mol. The molecule has 1 aromatic carbocycles. The molecule has 3 aromatic rings. The van der Waals surface area contributed by atoms with Crippen molar-refractivity contribution in [2.45, 2.75) is 40.2 Å². The normalized spacial score (nSPS) is 11.2. The van der Waals surface area contributed by atoms with Gasteiger partial charge in [0.15, 0.2) is 0 Å². The second-order valence-corrected chi connectivity index (χ2v) is 8.38. The lowest BCUT2D eigenvalue weighted by Gasteiger charge is -2.18. The summed E-state index contributed by atoms with van der Waals surface area (Å²) in [4.78, 5) is 45.5. The highest BCUT2D eigenvalue weighted by Crippen LogP contribution is 2.24. The molecule has 2 heterocycles. The molecule has 0 aliphatic heterocycles. The lowest BCUT2D eigenvalue weighted by Crippen LogP contribution is -2.38. The maximum absolute atomic E-state index is 13.5. The molecule has 3 rings (SSSR count). The Labute approximate surface area is 183 Å². The highest BCUT2D eigenvalue weighted by molar-refractivity contribution is 6.35. The van der Waals surface area contributed by atoms with Crippen molar-refractivity contribution in [3.63, 3.8) is 0 Å². The molecule has 0 bridgehead atoms. The molecule has 0 unspecified atom stereocenters. The molecule has 1 N–H and O–H groups in total. The minimum absolute atomic E-state index is 0.0317. The lowest BCUT2D eigenvalue weighted by atomic mass is 9.96. The third-order valence-electron chi connectivity index (χ3n) is 4.63. The van der Waals surface area contributed by atoms with Crippen LogP contribution in [0.4, 0.5) is 0 Å². The fourth-order valence-corrected chi connectivity index (χ4v) is 4.06. The Morgan fingerprint density at radius 2 is 1.60 bits per heavy atom. The molecule has 8 heteroatoms. The van der Waals surface area contributed by atoms with Crippen molar-refractivity contribution in [3.05, 3.63) is 95.0 Å². The van der Waals surface area contributed by atoms with E-state index in [1.54, 1.807) is 13.8 Å². The molecule has 2 aromatic heterocycles. The van der Waals surface area contributed by atoms with Crippen LogP contribution in [-0.4, -0.2) is 20.3 Å². The molecule has 6 nitrogen and oxygen atoms in total. The molecule has 0 saturated carbocycles. The fourth-order valence-electron chi connectivity index (χ4n) is 3.53. The highest BCUT2D eigenvalue weighted by Gasteiger charge is 2.25. The Bertz CT molecular complexity index is 1220. The number of hydrogen-bond acceptors (Lipinski definition) is 4. The Morgan fingerprint density at radius 1 is 1.03 bits per heavy atom. The van der Waals surface area contributed by atoms with Crippen LogP contribution >= 0.6 is 23.2 Å². The number of nitrogens with one attached hydrogen (secondary N) is 1. The van der Waals surface area contributed by atoms with Crippen LogP contribution < -0.4 is 11.2 Å². The number of aryl methyl sites for hydroxylation is 2. The first-order valence-corrected chi connectivity index (χ1v) is 10.1. The van der Waals surface area contributed by atoms with Crippen LogP contribution in [-0.2, 0) is 6.54 Å². The van der Waals surface area contributed by atoms with Crippen molar-refractivity contribution in [1.29, 1.82) is 0 Å². The SMILES string of the molecule is Cc1cc(Cn2c(C(=O)c3cc(Cl)cc(Cl)c3)c(C(C)C)c(=O)[nH]c2=O)cc(C)n1. The van der Waals surface area contributed by atoms with Gasteiger partial charge in [-0.05, 0) is 55.7 Å². The summed E-state index contributed by atoms with van der Waals surface area (Å²) in [7, 11) is 0. The number of carbonyl (C=O) groups is 1. The molecule has 0 fully saturated rings. The monoisotopic (exact) mass is 445 g/mol. The summed E-state index contributed by atoms with van der Waals surface area (Å²) in [6.07, 6.45) is 0. The van der Waals surface area contributed by atoms with Gasteiger partial charge in [-0.15, -0.1) is 0 Å². The zero-order chi connectivity index (χ0) is 22.2. The van der Waals surface area contributed by atoms with E-state index in [1.807, 2.05) is 26.0 Å². The van der Waals surface area contributed by atoms with Gasteiger partial charge in [-0.1, -0.05) is 37.0 Å². The van der Waals surface area contributed by atoms with E-state index in [9.17, 15) is 14.4 Å². The standard InChI is InChI=1S/C22H21Cl2N3O3/c1-11(2)18-19(20(28)15-7-16(23)9-17(24)8-15)27(22(30)26-21(18)29)10-14-5-12(3)25-13(4)6-14/h5-9,11H,10H2,1-4H3,(H,26,29,30). The highest BCUT2D eigenvalue weighted by atomic mass is 35.5. The van der Waals surface area contributed by atoms with Gasteiger partial charge in [-0.2, -0.15) is 0 Å². The molecule has 0 radical (unpaired) electrons. The number of H-pyrrole nitrogens is 1. The maximum Gasteiger partial charge on any atom is 0.329 e. The molecular weight excluding hydrogens is 425 g/mol. The average Bonchev–Trinajstić information content (AvgIpc) is 2.61. The molecule has 0 saturated heterocycles.